The summed E-state index contributed by atoms with van der Waals surface area (Å²) in [5.74, 6) is 0.0287. The highest BCUT2D eigenvalue weighted by Crippen LogP contribution is 2.11. The molecule has 0 bridgehead atoms. The average Bonchev–Trinajstić information content (AvgIpc) is 2.18. The van der Waals surface area contributed by atoms with Crippen molar-refractivity contribution in [3.05, 3.63) is 33.4 Å². The summed E-state index contributed by atoms with van der Waals surface area (Å²) >= 11 is 2.18. The van der Waals surface area contributed by atoms with Gasteiger partial charge < -0.3 is 5.32 Å². The maximum Gasteiger partial charge on any atom is 0.252 e. The predicted molar refractivity (Wildman–Crippen MR) is 71.0 cm³/mol. The van der Waals surface area contributed by atoms with Gasteiger partial charge in [0.25, 0.3) is 5.91 Å². The summed E-state index contributed by atoms with van der Waals surface area (Å²) in [7, 11) is 0. The largest absolute Gasteiger partial charge is 0.350 e. The number of rotatable bonds is 4. The molecule has 0 fully saturated rings. The van der Waals surface area contributed by atoms with Gasteiger partial charge in [-0.05, 0) is 48.1 Å². The zero-order valence-electron chi connectivity index (χ0n) is 9.09. The molecule has 0 spiro atoms. The fourth-order valence-electron chi connectivity index (χ4n) is 1.45. The van der Waals surface area contributed by atoms with E-state index in [-0.39, 0.29) is 11.9 Å². The minimum Gasteiger partial charge on any atom is -0.350 e. The zero-order chi connectivity index (χ0) is 11.3. The quantitative estimate of drug-likeness (QED) is 0.849. The Morgan fingerprint density at radius 1 is 1.47 bits per heavy atom. The van der Waals surface area contributed by atoms with E-state index < -0.39 is 0 Å². The molecule has 1 N–H and O–H groups in total. The van der Waals surface area contributed by atoms with Gasteiger partial charge in [-0.25, -0.2) is 0 Å². The van der Waals surface area contributed by atoms with Gasteiger partial charge in [0.2, 0.25) is 0 Å². The molecule has 1 rings (SSSR count). The summed E-state index contributed by atoms with van der Waals surface area (Å²) in [6, 6.07) is 7.88. The summed E-state index contributed by atoms with van der Waals surface area (Å²) in [6.07, 6.45) is 2.11. The van der Waals surface area contributed by atoms with E-state index in [4.69, 9.17) is 0 Å². The smallest absolute Gasteiger partial charge is 0.252 e. The van der Waals surface area contributed by atoms with Crippen LogP contribution in [0.4, 0.5) is 0 Å². The van der Waals surface area contributed by atoms with Crippen molar-refractivity contribution in [3.8, 4) is 0 Å². The zero-order valence-corrected chi connectivity index (χ0v) is 11.2. The average molecular weight is 317 g/mol. The van der Waals surface area contributed by atoms with Crippen LogP contribution in [0.25, 0.3) is 0 Å². The number of carbonyl (C=O) groups is 1. The first-order valence-electron chi connectivity index (χ1n) is 5.20. The Balaban J connectivity index is 2.65. The van der Waals surface area contributed by atoms with E-state index in [1.165, 1.54) is 0 Å². The highest BCUT2D eigenvalue weighted by molar-refractivity contribution is 14.1. The van der Waals surface area contributed by atoms with Crippen molar-refractivity contribution in [2.45, 2.75) is 32.7 Å². The minimum absolute atomic E-state index is 0.0287. The lowest BCUT2D eigenvalue weighted by Gasteiger charge is -2.13. The van der Waals surface area contributed by atoms with Crippen molar-refractivity contribution in [2.75, 3.05) is 0 Å². The van der Waals surface area contributed by atoms with Crippen LogP contribution < -0.4 is 5.32 Å². The molecule has 0 radical (unpaired) electrons. The molecule has 2 nitrogen and oxygen atoms in total. The van der Waals surface area contributed by atoms with Gasteiger partial charge in [0.1, 0.15) is 0 Å². The fraction of sp³-hybridized carbons (Fsp3) is 0.417. The molecule has 82 valence electrons. The second kappa shape index (κ2) is 6.10. The van der Waals surface area contributed by atoms with Gasteiger partial charge in [0.15, 0.2) is 0 Å². The van der Waals surface area contributed by atoms with Crippen molar-refractivity contribution in [1.82, 2.24) is 5.32 Å². The Bertz CT molecular complexity index is 338. The number of hydrogen-bond acceptors (Lipinski definition) is 1. The van der Waals surface area contributed by atoms with Gasteiger partial charge in [-0.3, -0.25) is 4.79 Å². The first kappa shape index (κ1) is 12.5. The van der Waals surface area contributed by atoms with Crippen LogP contribution in [0.15, 0.2) is 24.3 Å². The summed E-state index contributed by atoms with van der Waals surface area (Å²) < 4.78 is 0.997. The normalized spacial score (nSPS) is 12.2. The predicted octanol–water partition coefficient (Wildman–Crippen LogP) is 3.21. The lowest BCUT2D eigenvalue weighted by molar-refractivity contribution is 0.0937. The highest BCUT2D eigenvalue weighted by atomic mass is 127. The Hall–Kier alpha value is -0.580. The molecule has 1 unspecified atom stereocenters. The Morgan fingerprint density at radius 2 is 2.13 bits per heavy atom. The van der Waals surface area contributed by atoms with Crippen LogP contribution >= 0.6 is 22.6 Å². The number of hydrogen-bond donors (Lipinski definition) is 1. The third kappa shape index (κ3) is 3.81. The number of halogens is 1. The molecule has 0 aliphatic rings. The lowest BCUT2D eigenvalue weighted by Crippen LogP contribution is -2.32. The summed E-state index contributed by atoms with van der Waals surface area (Å²) in [5.41, 5.74) is 0.765. The molecule has 15 heavy (non-hydrogen) atoms. The number of amides is 1. The number of nitrogens with one attached hydrogen (secondary N) is 1. The maximum atomic E-state index is 11.8. The first-order chi connectivity index (χ1) is 7.15. The summed E-state index contributed by atoms with van der Waals surface area (Å²) in [5, 5.41) is 2.99. The lowest BCUT2D eigenvalue weighted by atomic mass is 10.1. The molecular formula is C12H16INO. The van der Waals surface area contributed by atoms with Crippen molar-refractivity contribution in [2.24, 2.45) is 0 Å². The van der Waals surface area contributed by atoms with E-state index in [1.54, 1.807) is 0 Å². The SMILES string of the molecule is CCCC(C)NC(=O)c1ccccc1I. The van der Waals surface area contributed by atoms with Crippen LogP contribution in [-0.2, 0) is 0 Å². The molecule has 1 aromatic carbocycles. The molecule has 0 saturated carbocycles. The van der Waals surface area contributed by atoms with Crippen LogP contribution in [-0.4, -0.2) is 11.9 Å². The molecule has 1 amide bonds. The van der Waals surface area contributed by atoms with E-state index >= 15 is 0 Å². The Labute approximate surface area is 105 Å². The molecule has 1 atom stereocenters. The van der Waals surface area contributed by atoms with Crippen molar-refractivity contribution in [1.29, 1.82) is 0 Å². The monoisotopic (exact) mass is 317 g/mol. The van der Waals surface area contributed by atoms with Gasteiger partial charge in [0.05, 0.1) is 5.56 Å². The molecule has 0 aliphatic heterocycles. The van der Waals surface area contributed by atoms with Crippen molar-refractivity contribution >= 4 is 28.5 Å². The summed E-state index contributed by atoms with van der Waals surface area (Å²) in [4.78, 5) is 11.8. The van der Waals surface area contributed by atoms with Gasteiger partial charge in [0, 0.05) is 9.61 Å². The minimum atomic E-state index is 0.0287. The van der Waals surface area contributed by atoms with E-state index in [0.29, 0.717) is 0 Å². The number of carbonyl (C=O) groups excluding carboxylic acids is 1. The van der Waals surface area contributed by atoms with Crippen LogP contribution in [0.5, 0.6) is 0 Å². The van der Waals surface area contributed by atoms with Gasteiger partial charge in [-0.15, -0.1) is 0 Å². The second-order valence-electron chi connectivity index (χ2n) is 3.64. The fourth-order valence-corrected chi connectivity index (χ4v) is 2.08. The Kier molecular flexibility index (Phi) is 5.08. The molecule has 0 saturated heterocycles. The van der Waals surface area contributed by atoms with Gasteiger partial charge in [-0.2, -0.15) is 0 Å². The van der Waals surface area contributed by atoms with Gasteiger partial charge in [-0.1, -0.05) is 25.5 Å². The standard InChI is InChI=1S/C12H16INO/c1-3-6-9(2)14-12(15)10-7-4-5-8-11(10)13/h4-5,7-9H,3,6H2,1-2H3,(H,14,15). The Morgan fingerprint density at radius 3 is 2.73 bits per heavy atom. The molecule has 0 aliphatic carbocycles. The van der Waals surface area contributed by atoms with Crippen molar-refractivity contribution in [3.63, 3.8) is 0 Å². The molecule has 0 heterocycles. The molecular weight excluding hydrogens is 301 g/mol. The van der Waals surface area contributed by atoms with Crippen LogP contribution in [0.2, 0.25) is 0 Å². The van der Waals surface area contributed by atoms with E-state index in [1.807, 2.05) is 31.2 Å². The molecule has 1 aromatic rings. The summed E-state index contributed by atoms with van der Waals surface area (Å²) in [6.45, 7) is 4.16. The maximum absolute atomic E-state index is 11.8. The molecule has 0 aromatic heterocycles. The third-order valence-electron chi connectivity index (χ3n) is 2.22. The van der Waals surface area contributed by atoms with E-state index in [9.17, 15) is 4.79 Å². The highest BCUT2D eigenvalue weighted by Gasteiger charge is 2.11. The number of benzene rings is 1. The third-order valence-corrected chi connectivity index (χ3v) is 3.16. The topological polar surface area (TPSA) is 29.1 Å². The molecule has 3 heteroatoms. The first-order valence-corrected chi connectivity index (χ1v) is 6.28. The van der Waals surface area contributed by atoms with Crippen LogP contribution in [0.3, 0.4) is 0 Å². The second-order valence-corrected chi connectivity index (χ2v) is 4.81. The van der Waals surface area contributed by atoms with E-state index in [2.05, 4.69) is 34.8 Å². The van der Waals surface area contributed by atoms with Gasteiger partial charge >= 0.3 is 0 Å². The van der Waals surface area contributed by atoms with Crippen LogP contribution in [0, 0.1) is 3.57 Å². The van der Waals surface area contributed by atoms with Crippen molar-refractivity contribution < 1.29 is 4.79 Å². The van der Waals surface area contributed by atoms with E-state index in [0.717, 1.165) is 22.0 Å². The van der Waals surface area contributed by atoms with Crippen LogP contribution in [0.1, 0.15) is 37.0 Å².